The molecule has 1 aliphatic rings. The minimum absolute atomic E-state index is 1.10. The first kappa shape index (κ1) is 37.7. The second-order valence-electron chi connectivity index (χ2n) is 16.2. The van der Waals surface area contributed by atoms with Gasteiger partial charge in [-0.2, -0.15) is 0 Å². The monoisotopic (exact) mass is 835 g/mol. The molecule has 0 spiro atoms. The molecule has 1 heterocycles. The number of nitrogens with zero attached hydrogens (tertiary/aromatic N) is 3. The summed E-state index contributed by atoms with van der Waals surface area (Å²) >= 11 is 1.84. The molecule has 0 fully saturated rings. The quantitative estimate of drug-likeness (QED) is 0.141. The Morgan fingerprint density at radius 1 is 0.266 bits per heavy atom. The number of benzene rings is 11. The molecule has 0 N–H and O–H groups in total. The molecule has 64 heavy (non-hydrogen) atoms. The lowest BCUT2D eigenvalue weighted by atomic mass is 9.91. The number of hydrogen-bond acceptors (Lipinski definition) is 4. The number of fused-ring (bicyclic) bond motifs is 8. The number of para-hydroxylation sites is 4. The summed E-state index contributed by atoms with van der Waals surface area (Å²) in [5.41, 5.74) is 12.5. The minimum atomic E-state index is 1.10. The third-order valence-corrected chi connectivity index (χ3v) is 13.4. The van der Waals surface area contributed by atoms with E-state index in [2.05, 4.69) is 263 Å². The lowest BCUT2D eigenvalue weighted by molar-refractivity contribution is 1.15. The third kappa shape index (κ3) is 6.64. The maximum atomic E-state index is 2.47. The first-order valence-corrected chi connectivity index (χ1v) is 22.6. The lowest BCUT2D eigenvalue weighted by Crippen LogP contribution is -2.17. The van der Waals surface area contributed by atoms with Gasteiger partial charge in [0.15, 0.2) is 0 Å². The SMILES string of the molecule is c1ccc(-c2ccc3c4ccccc4c4ccc(N5c6ccc(N(c7ccccc7)c7ccccc7)cc6Sc6cc(N(c7ccccc7)c7ccccc7)ccc65)cc4c3c2)cc1. The minimum Gasteiger partial charge on any atom is -0.310 e. The van der Waals surface area contributed by atoms with E-state index in [9.17, 15) is 0 Å². The van der Waals surface area contributed by atoms with Crippen molar-refractivity contribution in [1.82, 2.24) is 0 Å². The largest absolute Gasteiger partial charge is 0.310 e. The van der Waals surface area contributed by atoms with Crippen LogP contribution in [0, 0.1) is 0 Å². The molecule has 4 heteroatoms. The average molecular weight is 836 g/mol. The molecule has 0 unspecified atom stereocenters. The summed E-state index contributed by atoms with van der Waals surface area (Å²) in [6.07, 6.45) is 0. The van der Waals surface area contributed by atoms with Gasteiger partial charge in [-0.1, -0.05) is 157 Å². The molecule has 0 atom stereocenters. The topological polar surface area (TPSA) is 9.72 Å². The van der Waals surface area contributed by atoms with Gasteiger partial charge in [-0.05, 0) is 147 Å². The molecule has 302 valence electrons. The molecule has 0 radical (unpaired) electrons. The Labute approximate surface area is 377 Å². The van der Waals surface area contributed by atoms with E-state index >= 15 is 0 Å². The van der Waals surface area contributed by atoms with Crippen molar-refractivity contribution in [3.05, 3.63) is 249 Å². The summed E-state index contributed by atoms with van der Waals surface area (Å²) in [6.45, 7) is 0. The molecule has 0 amide bonds. The van der Waals surface area contributed by atoms with Gasteiger partial charge >= 0.3 is 0 Å². The zero-order valence-corrected chi connectivity index (χ0v) is 35.7. The van der Waals surface area contributed by atoms with Crippen LogP contribution in [0.2, 0.25) is 0 Å². The summed E-state index contributed by atoms with van der Waals surface area (Å²) in [5, 5.41) is 7.52. The molecule has 0 saturated carbocycles. The highest BCUT2D eigenvalue weighted by Gasteiger charge is 2.28. The van der Waals surface area contributed by atoms with E-state index in [0.29, 0.717) is 0 Å². The van der Waals surface area contributed by atoms with E-state index in [4.69, 9.17) is 0 Å². The molecule has 3 nitrogen and oxygen atoms in total. The number of hydrogen-bond donors (Lipinski definition) is 0. The van der Waals surface area contributed by atoms with Crippen LogP contribution in [-0.4, -0.2) is 0 Å². The fourth-order valence-corrected chi connectivity index (χ4v) is 10.6. The van der Waals surface area contributed by atoms with Crippen LogP contribution in [0.4, 0.5) is 51.2 Å². The van der Waals surface area contributed by atoms with Crippen molar-refractivity contribution in [2.45, 2.75) is 9.79 Å². The van der Waals surface area contributed by atoms with Crippen LogP contribution in [0.1, 0.15) is 0 Å². The molecule has 11 aromatic carbocycles. The van der Waals surface area contributed by atoms with Crippen LogP contribution in [0.3, 0.4) is 0 Å². The Bertz CT molecular complexity index is 3260. The van der Waals surface area contributed by atoms with Crippen molar-refractivity contribution < 1.29 is 0 Å². The van der Waals surface area contributed by atoms with E-state index in [1.54, 1.807) is 0 Å². The molecular formula is C60H41N3S. The smallest absolute Gasteiger partial charge is 0.0603 e. The highest BCUT2D eigenvalue weighted by Crippen LogP contribution is 2.55. The summed E-state index contributed by atoms with van der Waals surface area (Å²) in [7, 11) is 0. The molecule has 0 aliphatic carbocycles. The van der Waals surface area contributed by atoms with Crippen molar-refractivity contribution in [2.75, 3.05) is 14.7 Å². The standard InChI is InChI=1S/C60H41N3S/c1-6-18-42(19-7-1)43-30-34-53-51-28-16-17-29-52(51)54-35-31-48(39-56(54)55(53)38-43)63-57-36-32-49(61(44-20-8-2-9-21-44)45-22-10-3-11-23-45)40-59(57)64-60-41-50(33-37-58(60)63)62(46-24-12-4-13-25-46)47-26-14-5-15-27-47/h1-41H. The third-order valence-electron chi connectivity index (χ3n) is 12.3. The van der Waals surface area contributed by atoms with Crippen molar-refractivity contribution in [3.63, 3.8) is 0 Å². The van der Waals surface area contributed by atoms with Crippen molar-refractivity contribution >= 4 is 95.3 Å². The summed E-state index contributed by atoms with van der Waals surface area (Å²) < 4.78 is 0. The predicted molar refractivity (Wildman–Crippen MR) is 273 cm³/mol. The summed E-state index contributed by atoms with van der Waals surface area (Å²) in [4.78, 5) is 9.53. The molecule has 0 saturated heterocycles. The van der Waals surface area contributed by atoms with Crippen LogP contribution < -0.4 is 14.7 Å². The van der Waals surface area contributed by atoms with Gasteiger partial charge in [0.2, 0.25) is 0 Å². The molecule has 0 bridgehead atoms. The first-order valence-electron chi connectivity index (χ1n) is 21.8. The van der Waals surface area contributed by atoms with Crippen molar-refractivity contribution in [1.29, 1.82) is 0 Å². The van der Waals surface area contributed by atoms with Gasteiger partial charge in [-0.3, -0.25) is 0 Å². The highest BCUT2D eigenvalue weighted by atomic mass is 32.2. The zero-order valence-electron chi connectivity index (χ0n) is 34.9. The van der Waals surface area contributed by atoms with E-state index in [1.165, 1.54) is 53.2 Å². The van der Waals surface area contributed by atoms with E-state index in [1.807, 2.05) is 11.8 Å². The fourth-order valence-electron chi connectivity index (χ4n) is 9.44. The second-order valence-corrected chi connectivity index (χ2v) is 17.2. The average Bonchev–Trinajstić information content (AvgIpc) is 3.37. The van der Waals surface area contributed by atoms with E-state index < -0.39 is 0 Å². The van der Waals surface area contributed by atoms with Gasteiger partial charge in [0.05, 0.1) is 11.4 Å². The van der Waals surface area contributed by atoms with E-state index in [-0.39, 0.29) is 0 Å². The Hall–Kier alpha value is -8.05. The molecule has 11 aromatic rings. The first-order chi connectivity index (χ1) is 31.7. The second kappa shape index (κ2) is 16.0. The molecule has 1 aliphatic heterocycles. The molecular weight excluding hydrogens is 795 g/mol. The van der Waals surface area contributed by atoms with Crippen LogP contribution in [0.25, 0.3) is 43.4 Å². The molecule has 0 aromatic heterocycles. The summed E-state index contributed by atoms with van der Waals surface area (Å²) in [6, 6.07) is 90.1. The van der Waals surface area contributed by atoms with Gasteiger partial charge in [0.1, 0.15) is 0 Å². The Morgan fingerprint density at radius 3 is 1.12 bits per heavy atom. The van der Waals surface area contributed by atoms with Gasteiger partial charge < -0.3 is 14.7 Å². The Morgan fingerprint density at radius 2 is 0.656 bits per heavy atom. The van der Waals surface area contributed by atoms with Crippen LogP contribution in [-0.2, 0) is 0 Å². The van der Waals surface area contributed by atoms with Gasteiger partial charge in [0, 0.05) is 49.6 Å². The van der Waals surface area contributed by atoms with Gasteiger partial charge in [0.25, 0.3) is 0 Å². The number of rotatable bonds is 8. The number of anilines is 9. The van der Waals surface area contributed by atoms with Crippen LogP contribution in [0.15, 0.2) is 259 Å². The predicted octanol–water partition coefficient (Wildman–Crippen LogP) is 17.7. The fraction of sp³-hybridized carbons (Fsp3) is 0. The van der Waals surface area contributed by atoms with Crippen LogP contribution in [0.5, 0.6) is 0 Å². The molecule has 12 rings (SSSR count). The Balaban J connectivity index is 1.08. The normalized spacial score (nSPS) is 12.0. The maximum Gasteiger partial charge on any atom is 0.0603 e. The lowest BCUT2D eigenvalue weighted by Gasteiger charge is -2.35. The van der Waals surface area contributed by atoms with Crippen molar-refractivity contribution in [2.24, 2.45) is 0 Å². The van der Waals surface area contributed by atoms with E-state index in [0.717, 1.165) is 51.2 Å². The van der Waals surface area contributed by atoms with Crippen LogP contribution >= 0.6 is 11.8 Å². The van der Waals surface area contributed by atoms with Gasteiger partial charge in [-0.25, -0.2) is 0 Å². The van der Waals surface area contributed by atoms with Gasteiger partial charge in [-0.15, -0.1) is 0 Å². The highest BCUT2D eigenvalue weighted by molar-refractivity contribution is 7.99. The Kier molecular flexibility index (Phi) is 9.43. The summed E-state index contributed by atoms with van der Waals surface area (Å²) in [5.74, 6) is 0. The maximum absolute atomic E-state index is 2.47. The zero-order chi connectivity index (χ0) is 42.4. The van der Waals surface area contributed by atoms with Crippen molar-refractivity contribution in [3.8, 4) is 11.1 Å².